The van der Waals surface area contributed by atoms with Gasteiger partial charge in [-0.05, 0) is 32.4 Å². The lowest BCUT2D eigenvalue weighted by atomic mass is 10.1. The molecule has 0 saturated carbocycles. The van der Waals surface area contributed by atoms with Gasteiger partial charge in [-0.25, -0.2) is 0 Å². The Bertz CT molecular complexity index is 405. The number of hydrogen-bond acceptors (Lipinski definition) is 4. The average Bonchev–Trinajstić information content (AvgIpc) is 2.29. The van der Waals surface area contributed by atoms with Gasteiger partial charge in [-0.2, -0.15) is 10.2 Å². The Hall–Kier alpha value is -1.76. The molecule has 86 valence electrons. The molecule has 4 heteroatoms. The summed E-state index contributed by atoms with van der Waals surface area (Å²) in [4.78, 5) is 6.47. The van der Waals surface area contributed by atoms with Crippen LogP contribution in [0.2, 0.25) is 0 Å². The smallest absolute Gasteiger partial charge is 0.233 e. The second kappa shape index (κ2) is 5.36. The fourth-order valence-corrected chi connectivity index (χ4v) is 1.62. The molecule has 0 aliphatic heterocycles. The zero-order chi connectivity index (χ0) is 12.1. The van der Waals surface area contributed by atoms with Crippen molar-refractivity contribution in [3.8, 4) is 11.9 Å². The number of pyridine rings is 1. The summed E-state index contributed by atoms with van der Waals surface area (Å²) < 4.78 is 5.14. The maximum Gasteiger partial charge on any atom is 0.233 e. The van der Waals surface area contributed by atoms with E-state index in [0.29, 0.717) is 11.4 Å². The highest BCUT2D eigenvalue weighted by atomic mass is 16.5. The SMILES string of the molecule is CCN(CC)c1cc(C)c(C#N)c(OC)n1. The van der Waals surface area contributed by atoms with Crippen molar-refractivity contribution in [3.05, 3.63) is 17.2 Å². The molecule has 0 radical (unpaired) electrons. The van der Waals surface area contributed by atoms with Crippen LogP contribution in [0.4, 0.5) is 5.82 Å². The molecular weight excluding hydrogens is 202 g/mol. The normalized spacial score (nSPS) is 9.69. The van der Waals surface area contributed by atoms with Gasteiger partial charge in [0.1, 0.15) is 17.5 Å². The molecule has 0 amide bonds. The van der Waals surface area contributed by atoms with E-state index < -0.39 is 0 Å². The van der Waals surface area contributed by atoms with Crippen LogP contribution in [0.5, 0.6) is 5.88 Å². The monoisotopic (exact) mass is 219 g/mol. The van der Waals surface area contributed by atoms with Gasteiger partial charge in [0.15, 0.2) is 0 Å². The molecule has 0 atom stereocenters. The topological polar surface area (TPSA) is 49.2 Å². The van der Waals surface area contributed by atoms with Crippen LogP contribution in [-0.2, 0) is 0 Å². The number of nitrogens with zero attached hydrogens (tertiary/aromatic N) is 3. The van der Waals surface area contributed by atoms with Gasteiger partial charge in [-0.15, -0.1) is 0 Å². The Kier molecular flexibility index (Phi) is 4.12. The first-order valence-corrected chi connectivity index (χ1v) is 5.38. The van der Waals surface area contributed by atoms with E-state index in [1.807, 2.05) is 13.0 Å². The van der Waals surface area contributed by atoms with Crippen LogP contribution in [0.15, 0.2) is 6.07 Å². The van der Waals surface area contributed by atoms with E-state index in [1.54, 1.807) is 0 Å². The predicted molar refractivity (Wildman–Crippen MR) is 63.8 cm³/mol. The second-order valence-electron chi connectivity index (χ2n) is 3.47. The first kappa shape index (κ1) is 12.3. The Morgan fingerprint density at radius 1 is 1.44 bits per heavy atom. The van der Waals surface area contributed by atoms with Gasteiger partial charge in [-0.3, -0.25) is 0 Å². The third kappa shape index (κ3) is 2.25. The van der Waals surface area contributed by atoms with Gasteiger partial charge < -0.3 is 9.64 Å². The third-order valence-corrected chi connectivity index (χ3v) is 2.56. The maximum absolute atomic E-state index is 8.99. The maximum atomic E-state index is 8.99. The fraction of sp³-hybridized carbons (Fsp3) is 0.500. The molecule has 1 heterocycles. The van der Waals surface area contributed by atoms with Gasteiger partial charge in [0.25, 0.3) is 0 Å². The zero-order valence-corrected chi connectivity index (χ0v) is 10.2. The largest absolute Gasteiger partial charge is 0.480 e. The average molecular weight is 219 g/mol. The molecule has 0 aromatic carbocycles. The molecule has 0 unspecified atom stereocenters. The van der Waals surface area contributed by atoms with Crippen LogP contribution >= 0.6 is 0 Å². The number of ether oxygens (including phenoxy) is 1. The van der Waals surface area contributed by atoms with Crippen molar-refractivity contribution in [1.29, 1.82) is 5.26 Å². The van der Waals surface area contributed by atoms with E-state index >= 15 is 0 Å². The summed E-state index contributed by atoms with van der Waals surface area (Å²) in [6, 6.07) is 4.04. The number of anilines is 1. The van der Waals surface area contributed by atoms with Gasteiger partial charge in [0.05, 0.1) is 7.11 Å². The molecule has 1 rings (SSSR count). The highest BCUT2D eigenvalue weighted by Gasteiger charge is 2.12. The molecule has 0 aliphatic rings. The van der Waals surface area contributed by atoms with E-state index in [1.165, 1.54) is 7.11 Å². The Morgan fingerprint density at radius 2 is 2.06 bits per heavy atom. The quantitative estimate of drug-likeness (QED) is 0.778. The van der Waals surface area contributed by atoms with E-state index in [0.717, 1.165) is 24.5 Å². The first-order chi connectivity index (χ1) is 7.67. The number of rotatable bonds is 4. The highest BCUT2D eigenvalue weighted by Crippen LogP contribution is 2.24. The summed E-state index contributed by atoms with van der Waals surface area (Å²) in [5.41, 5.74) is 1.41. The molecule has 1 aromatic heterocycles. The van der Waals surface area contributed by atoms with E-state index in [9.17, 15) is 0 Å². The molecule has 1 aromatic rings. The van der Waals surface area contributed by atoms with Crippen molar-refractivity contribution in [2.24, 2.45) is 0 Å². The Labute approximate surface area is 96.5 Å². The fourth-order valence-electron chi connectivity index (χ4n) is 1.62. The van der Waals surface area contributed by atoms with Crippen molar-refractivity contribution in [1.82, 2.24) is 4.98 Å². The lowest BCUT2D eigenvalue weighted by molar-refractivity contribution is 0.396. The van der Waals surface area contributed by atoms with Crippen LogP contribution in [0.25, 0.3) is 0 Å². The minimum Gasteiger partial charge on any atom is -0.480 e. The van der Waals surface area contributed by atoms with Crippen LogP contribution in [0.1, 0.15) is 25.0 Å². The number of methoxy groups -OCH3 is 1. The minimum atomic E-state index is 0.407. The number of aromatic nitrogens is 1. The molecule has 0 N–H and O–H groups in total. The van der Waals surface area contributed by atoms with Gasteiger partial charge >= 0.3 is 0 Å². The standard InChI is InChI=1S/C12H17N3O/c1-5-15(6-2)11-7-9(3)10(8-13)12(14-11)16-4/h7H,5-6H2,1-4H3. The molecule has 0 fully saturated rings. The first-order valence-electron chi connectivity index (χ1n) is 5.38. The van der Waals surface area contributed by atoms with Gasteiger partial charge in [-0.1, -0.05) is 0 Å². The van der Waals surface area contributed by atoms with Crippen molar-refractivity contribution in [3.63, 3.8) is 0 Å². The molecule has 0 spiro atoms. The molecule has 0 saturated heterocycles. The third-order valence-electron chi connectivity index (χ3n) is 2.56. The van der Waals surface area contributed by atoms with Crippen molar-refractivity contribution in [2.75, 3.05) is 25.1 Å². The predicted octanol–water partition coefficient (Wildman–Crippen LogP) is 2.12. The summed E-state index contributed by atoms with van der Waals surface area (Å²) in [5.74, 6) is 1.27. The van der Waals surface area contributed by atoms with Crippen molar-refractivity contribution < 1.29 is 4.74 Å². The lowest BCUT2D eigenvalue weighted by Crippen LogP contribution is -2.23. The van der Waals surface area contributed by atoms with Crippen LogP contribution in [0.3, 0.4) is 0 Å². The lowest BCUT2D eigenvalue weighted by Gasteiger charge is -2.21. The van der Waals surface area contributed by atoms with Crippen molar-refractivity contribution >= 4 is 5.82 Å². The van der Waals surface area contributed by atoms with Crippen LogP contribution in [-0.4, -0.2) is 25.2 Å². The summed E-state index contributed by atoms with van der Waals surface area (Å²) in [6.07, 6.45) is 0. The molecule has 0 aliphatic carbocycles. The number of nitriles is 1. The number of hydrogen-bond donors (Lipinski definition) is 0. The van der Waals surface area contributed by atoms with Gasteiger partial charge in [0.2, 0.25) is 5.88 Å². The Morgan fingerprint density at radius 3 is 2.50 bits per heavy atom. The highest BCUT2D eigenvalue weighted by molar-refractivity contribution is 5.53. The van der Waals surface area contributed by atoms with Crippen molar-refractivity contribution in [2.45, 2.75) is 20.8 Å². The Balaban J connectivity index is 3.26. The summed E-state index contributed by atoms with van der Waals surface area (Å²) in [7, 11) is 1.54. The van der Waals surface area contributed by atoms with E-state index in [2.05, 4.69) is 29.8 Å². The van der Waals surface area contributed by atoms with E-state index in [-0.39, 0.29) is 0 Å². The summed E-state index contributed by atoms with van der Waals surface area (Å²) >= 11 is 0. The summed E-state index contributed by atoms with van der Waals surface area (Å²) in [6.45, 7) is 7.82. The zero-order valence-electron chi connectivity index (χ0n) is 10.2. The van der Waals surface area contributed by atoms with Gasteiger partial charge in [0, 0.05) is 13.1 Å². The number of aryl methyl sites for hydroxylation is 1. The van der Waals surface area contributed by atoms with E-state index in [4.69, 9.17) is 10.00 Å². The molecule has 16 heavy (non-hydrogen) atoms. The summed E-state index contributed by atoms with van der Waals surface area (Å²) in [5, 5.41) is 8.99. The minimum absolute atomic E-state index is 0.407. The molecule has 0 bridgehead atoms. The van der Waals surface area contributed by atoms with Crippen LogP contribution < -0.4 is 9.64 Å². The molecule has 4 nitrogen and oxygen atoms in total. The van der Waals surface area contributed by atoms with Crippen LogP contribution in [0, 0.1) is 18.3 Å². The molecular formula is C12H17N3O. The second-order valence-corrected chi connectivity index (χ2v) is 3.47.